The molecule has 0 saturated heterocycles. The van der Waals surface area contributed by atoms with Gasteiger partial charge in [-0.25, -0.2) is 4.79 Å². The summed E-state index contributed by atoms with van der Waals surface area (Å²) in [6.07, 6.45) is 0. The standard InChI is InChI=1S/C21H16Cl3NO3/c1-3-25-11(2)17(13-8-15(23)10-16(24)9-13)20(26)18(21(27)28)19(25)12-4-6-14(22)7-5-12/h4-10H,3H2,1-2H3,(H,27,28). The van der Waals surface area contributed by atoms with Crippen LogP contribution in [0.4, 0.5) is 0 Å². The Balaban J connectivity index is 2.46. The van der Waals surface area contributed by atoms with Gasteiger partial charge < -0.3 is 9.67 Å². The maximum absolute atomic E-state index is 13.3. The van der Waals surface area contributed by atoms with Crippen LogP contribution in [-0.4, -0.2) is 15.6 Å². The fourth-order valence-corrected chi connectivity index (χ4v) is 4.03. The minimum atomic E-state index is -1.30. The third kappa shape index (κ3) is 3.68. The van der Waals surface area contributed by atoms with Gasteiger partial charge in [-0.05, 0) is 55.3 Å². The molecule has 1 N–H and O–H groups in total. The third-order valence-corrected chi connectivity index (χ3v) is 5.21. The molecule has 0 bridgehead atoms. The molecule has 2 aromatic carbocycles. The number of benzene rings is 2. The van der Waals surface area contributed by atoms with Crippen LogP contribution in [0.5, 0.6) is 0 Å². The fourth-order valence-electron chi connectivity index (χ4n) is 3.37. The second-order valence-electron chi connectivity index (χ2n) is 6.23. The van der Waals surface area contributed by atoms with Crippen molar-refractivity contribution in [3.8, 4) is 22.4 Å². The van der Waals surface area contributed by atoms with E-state index in [-0.39, 0.29) is 11.1 Å². The number of aromatic carboxylic acids is 1. The molecule has 1 heterocycles. The number of aromatic nitrogens is 1. The lowest BCUT2D eigenvalue weighted by Crippen LogP contribution is -2.25. The molecule has 0 unspecified atom stereocenters. The molecule has 7 heteroatoms. The van der Waals surface area contributed by atoms with Gasteiger partial charge in [-0.3, -0.25) is 4.79 Å². The first-order valence-corrected chi connectivity index (χ1v) is 9.61. The largest absolute Gasteiger partial charge is 0.477 e. The van der Waals surface area contributed by atoms with Crippen LogP contribution in [0.1, 0.15) is 23.0 Å². The van der Waals surface area contributed by atoms with Gasteiger partial charge in [0.25, 0.3) is 0 Å². The third-order valence-electron chi connectivity index (χ3n) is 4.53. The summed E-state index contributed by atoms with van der Waals surface area (Å²) in [4.78, 5) is 25.4. The van der Waals surface area contributed by atoms with E-state index in [2.05, 4.69) is 0 Å². The van der Waals surface area contributed by atoms with Crippen molar-refractivity contribution in [1.29, 1.82) is 0 Å². The van der Waals surface area contributed by atoms with Crippen LogP contribution in [0.15, 0.2) is 47.3 Å². The Morgan fingerprint density at radius 1 is 0.964 bits per heavy atom. The van der Waals surface area contributed by atoms with E-state index in [0.717, 1.165) is 0 Å². The topological polar surface area (TPSA) is 59.3 Å². The first-order valence-electron chi connectivity index (χ1n) is 8.47. The van der Waals surface area contributed by atoms with Crippen molar-refractivity contribution in [3.63, 3.8) is 0 Å². The van der Waals surface area contributed by atoms with E-state index < -0.39 is 11.4 Å². The van der Waals surface area contributed by atoms with Crippen molar-refractivity contribution in [2.45, 2.75) is 20.4 Å². The summed E-state index contributed by atoms with van der Waals surface area (Å²) >= 11 is 18.2. The monoisotopic (exact) mass is 435 g/mol. The predicted molar refractivity (Wildman–Crippen MR) is 114 cm³/mol. The minimum absolute atomic E-state index is 0.265. The van der Waals surface area contributed by atoms with Gasteiger partial charge in [-0.2, -0.15) is 0 Å². The summed E-state index contributed by atoms with van der Waals surface area (Å²) < 4.78 is 1.80. The van der Waals surface area contributed by atoms with Crippen molar-refractivity contribution in [1.82, 2.24) is 4.57 Å². The quantitative estimate of drug-likeness (QED) is 0.532. The van der Waals surface area contributed by atoms with Crippen LogP contribution in [0.25, 0.3) is 22.4 Å². The molecule has 0 aliphatic carbocycles. The van der Waals surface area contributed by atoms with Crippen LogP contribution in [0, 0.1) is 6.92 Å². The van der Waals surface area contributed by atoms with Gasteiger partial charge in [-0.1, -0.05) is 46.9 Å². The average Bonchev–Trinajstić information content (AvgIpc) is 2.61. The maximum Gasteiger partial charge on any atom is 0.341 e. The molecular formula is C21H16Cl3NO3. The van der Waals surface area contributed by atoms with Gasteiger partial charge in [0.1, 0.15) is 5.56 Å². The van der Waals surface area contributed by atoms with E-state index in [1.165, 1.54) is 0 Å². The van der Waals surface area contributed by atoms with E-state index in [1.807, 2.05) is 6.92 Å². The summed E-state index contributed by atoms with van der Waals surface area (Å²) in [7, 11) is 0. The number of rotatable bonds is 4. The smallest absolute Gasteiger partial charge is 0.341 e. The van der Waals surface area contributed by atoms with Crippen molar-refractivity contribution < 1.29 is 9.90 Å². The molecule has 1 aromatic heterocycles. The second-order valence-corrected chi connectivity index (χ2v) is 7.54. The molecule has 0 radical (unpaired) electrons. The molecule has 28 heavy (non-hydrogen) atoms. The van der Waals surface area contributed by atoms with E-state index in [4.69, 9.17) is 34.8 Å². The highest BCUT2D eigenvalue weighted by atomic mass is 35.5. The highest BCUT2D eigenvalue weighted by molar-refractivity contribution is 6.35. The summed E-state index contributed by atoms with van der Waals surface area (Å²) in [5.41, 5.74) is 1.42. The van der Waals surface area contributed by atoms with E-state index in [1.54, 1.807) is 54.0 Å². The van der Waals surface area contributed by atoms with Gasteiger partial charge in [0.2, 0.25) is 5.43 Å². The number of pyridine rings is 1. The zero-order valence-corrected chi connectivity index (χ0v) is 17.4. The zero-order chi connectivity index (χ0) is 20.6. The maximum atomic E-state index is 13.3. The Labute approximate surface area is 176 Å². The predicted octanol–water partition coefficient (Wildman–Crippen LogP) is 6.17. The SMILES string of the molecule is CCn1c(C)c(-c2cc(Cl)cc(Cl)c2)c(=O)c(C(=O)O)c1-c1ccc(Cl)cc1. The molecule has 4 nitrogen and oxygen atoms in total. The Hall–Kier alpha value is -2.27. The molecule has 0 saturated carbocycles. The van der Waals surface area contributed by atoms with Crippen LogP contribution < -0.4 is 5.43 Å². The van der Waals surface area contributed by atoms with Crippen molar-refractivity contribution in [3.05, 3.63) is 79.0 Å². The zero-order valence-electron chi connectivity index (χ0n) is 15.1. The van der Waals surface area contributed by atoms with Crippen molar-refractivity contribution in [2.75, 3.05) is 0 Å². The molecule has 0 atom stereocenters. The lowest BCUT2D eigenvalue weighted by molar-refractivity contribution is 0.0695. The van der Waals surface area contributed by atoms with Crippen LogP contribution in [-0.2, 0) is 6.54 Å². The molecule has 3 rings (SSSR count). The van der Waals surface area contributed by atoms with Gasteiger partial charge in [0.15, 0.2) is 0 Å². The Bertz CT molecular complexity index is 1110. The Morgan fingerprint density at radius 2 is 1.54 bits per heavy atom. The lowest BCUT2D eigenvalue weighted by atomic mass is 9.96. The molecule has 0 aliphatic rings. The molecule has 0 spiro atoms. The number of hydrogen-bond acceptors (Lipinski definition) is 2. The molecule has 144 valence electrons. The average molecular weight is 437 g/mol. The van der Waals surface area contributed by atoms with Gasteiger partial charge in [0.05, 0.1) is 5.69 Å². The summed E-state index contributed by atoms with van der Waals surface area (Å²) in [5, 5.41) is 11.1. The molecule has 0 amide bonds. The number of carbonyl (C=O) groups is 1. The van der Waals surface area contributed by atoms with Crippen LogP contribution >= 0.6 is 34.8 Å². The second kappa shape index (κ2) is 8.00. The van der Waals surface area contributed by atoms with Crippen LogP contribution in [0.2, 0.25) is 15.1 Å². The first kappa shape index (κ1) is 20.5. The lowest BCUT2D eigenvalue weighted by Gasteiger charge is -2.21. The summed E-state index contributed by atoms with van der Waals surface area (Å²) in [5.74, 6) is -1.30. The van der Waals surface area contributed by atoms with Gasteiger partial charge in [0, 0.05) is 32.9 Å². The van der Waals surface area contributed by atoms with Crippen molar-refractivity contribution >= 4 is 40.8 Å². The molecule has 3 aromatic rings. The normalized spacial score (nSPS) is 10.9. The molecule has 0 aliphatic heterocycles. The number of carboxylic acids is 1. The number of halogens is 3. The summed E-state index contributed by atoms with van der Waals surface area (Å²) in [6, 6.07) is 11.5. The van der Waals surface area contributed by atoms with E-state index >= 15 is 0 Å². The number of hydrogen-bond donors (Lipinski definition) is 1. The van der Waals surface area contributed by atoms with Crippen molar-refractivity contribution in [2.24, 2.45) is 0 Å². The first-order chi connectivity index (χ1) is 13.2. The minimum Gasteiger partial charge on any atom is -0.477 e. The Kier molecular flexibility index (Phi) is 5.84. The Morgan fingerprint density at radius 3 is 2.04 bits per heavy atom. The van der Waals surface area contributed by atoms with Gasteiger partial charge in [-0.15, -0.1) is 0 Å². The highest BCUT2D eigenvalue weighted by Gasteiger charge is 2.25. The molecule has 0 fully saturated rings. The van der Waals surface area contributed by atoms with E-state index in [9.17, 15) is 14.7 Å². The highest BCUT2D eigenvalue weighted by Crippen LogP contribution is 2.32. The fraction of sp³-hybridized carbons (Fsp3) is 0.143. The van der Waals surface area contributed by atoms with Crippen LogP contribution in [0.3, 0.4) is 0 Å². The summed E-state index contributed by atoms with van der Waals surface area (Å²) in [6.45, 7) is 4.13. The van der Waals surface area contributed by atoms with E-state index in [0.29, 0.717) is 44.1 Å². The number of carboxylic acid groups (broad SMARTS) is 1. The molecular weight excluding hydrogens is 421 g/mol. The van der Waals surface area contributed by atoms with Gasteiger partial charge >= 0.3 is 5.97 Å². The number of nitrogens with zero attached hydrogens (tertiary/aromatic N) is 1.